The molecule has 1 unspecified atom stereocenters. The SMILES string of the molecule is COc1cc(NC(=O)C(C)C2CNC2)ccc1Br.Cl. The Morgan fingerprint density at radius 1 is 1.53 bits per heavy atom. The molecule has 0 aliphatic carbocycles. The van der Waals surface area contributed by atoms with Crippen LogP contribution in [0.5, 0.6) is 5.75 Å². The highest BCUT2D eigenvalue weighted by molar-refractivity contribution is 9.10. The fourth-order valence-corrected chi connectivity index (χ4v) is 2.28. The molecule has 6 heteroatoms. The topological polar surface area (TPSA) is 50.4 Å². The smallest absolute Gasteiger partial charge is 0.227 e. The van der Waals surface area contributed by atoms with Crippen LogP contribution in [0.3, 0.4) is 0 Å². The van der Waals surface area contributed by atoms with E-state index >= 15 is 0 Å². The number of anilines is 1. The van der Waals surface area contributed by atoms with E-state index in [0.717, 1.165) is 23.2 Å². The van der Waals surface area contributed by atoms with Crippen molar-refractivity contribution in [2.24, 2.45) is 11.8 Å². The fraction of sp³-hybridized carbons (Fsp3) is 0.462. The van der Waals surface area contributed by atoms with Crippen molar-refractivity contribution in [2.75, 3.05) is 25.5 Å². The molecule has 1 heterocycles. The summed E-state index contributed by atoms with van der Waals surface area (Å²) < 4.78 is 6.07. The van der Waals surface area contributed by atoms with Crippen molar-refractivity contribution in [3.05, 3.63) is 22.7 Å². The third-order valence-corrected chi connectivity index (χ3v) is 4.01. The number of benzene rings is 1. The van der Waals surface area contributed by atoms with Crippen LogP contribution in [0.4, 0.5) is 5.69 Å². The number of hydrogen-bond acceptors (Lipinski definition) is 3. The summed E-state index contributed by atoms with van der Waals surface area (Å²) >= 11 is 3.38. The van der Waals surface area contributed by atoms with E-state index in [1.54, 1.807) is 7.11 Å². The third kappa shape index (κ3) is 3.84. The molecule has 0 aromatic heterocycles. The second-order valence-electron chi connectivity index (χ2n) is 4.55. The summed E-state index contributed by atoms with van der Waals surface area (Å²) in [5, 5.41) is 6.11. The lowest BCUT2D eigenvalue weighted by Gasteiger charge is -2.31. The van der Waals surface area contributed by atoms with Gasteiger partial charge >= 0.3 is 0 Å². The Balaban J connectivity index is 0.00000180. The Bertz CT molecular complexity index is 452. The molecule has 1 saturated heterocycles. The summed E-state index contributed by atoms with van der Waals surface area (Å²) in [5.74, 6) is 1.25. The third-order valence-electron chi connectivity index (χ3n) is 3.35. The second kappa shape index (κ2) is 7.12. The Labute approximate surface area is 127 Å². The van der Waals surface area contributed by atoms with E-state index in [-0.39, 0.29) is 24.2 Å². The van der Waals surface area contributed by atoms with Crippen LogP contribution in [0.25, 0.3) is 0 Å². The molecule has 1 amide bonds. The first-order chi connectivity index (χ1) is 8.61. The van der Waals surface area contributed by atoms with Gasteiger partial charge in [0.2, 0.25) is 5.91 Å². The molecule has 0 saturated carbocycles. The number of rotatable bonds is 4. The van der Waals surface area contributed by atoms with Crippen molar-refractivity contribution in [3.8, 4) is 5.75 Å². The zero-order valence-electron chi connectivity index (χ0n) is 10.9. The van der Waals surface area contributed by atoms with Gasteiger partial charge < -0.3 is 15.4 Å². The zero-order chi connectivity index (χ0) is 13.1. The highest BCUT2D eigenvalue weighted by Gasteiger charge is 2.28. The molecule has 19 heavy (non-hydrogen) atoms. The van der Waals surface area contributed by atoms with Crippen LogP contribution >= 0.6 is 28.3 Å². The molecule has 0 spiro atoms. The fourth-order valence-electron chi connectivity index (χ4n) is 1.87. The van der Waals surface area contributed by atoms with Crippen LogP contribution in [0.15, 0.2) is 22.7 Å². The summed E-state index contributed by atoms with van der Waals surface area (Å²) in [5.41, 5.74) is 0.763. The lowest BCUT2D eigenvalue weighted by atomic mass is 9.88. The van der Waals surface area contributed by atoms with E-state index in [1.807, 2.05) is 25.1 Å². The van der Waals surface area contributed by atoms with Crippen LogP contribution in [-0.4, -0.2) is 26.1 Å². The molecule has 0 radical (unpaired) electrons. The molecule has 0 bridgehead atoms. The molecule has 1 aromatic carbocycles. The van der Waals surface area contributed by atoms with Crippen molar-refractivity contribution >= 4 is 39.9 Å². The van der Waals surface area contributed by atoms with Gasteiger partial charge in [-0.25, -0.2) is 0 Å². The maximum Gasteiger partial charge on any atom is 0.227 e. The summed E-state index contributed by atoms with van der Waals surface area (Å²) in [6, 6.07) is 5.54. The number of ether oxygens (including phenoxy) is 1. The van der Waals surface area contributed by atoms with Gasteiger partial charge in [-0.05, 0) is 47.1 Å². The van der Waals surface area contributed by atoms with Gasteiger partial charge in [0.1, 0.15) is 5.75 Å². The molecular formula is C13H18BrClN2O2. The van der Waals surface area contributed by atoms with E-state index in [4.69, 9.17) is 4.74 Å². The highest BCUT2D eigenvalue weighted by Crippen LogP contribution is 2.28. The molecule has 2 rings (SSSR count). The van der Waals surface area contributed by atoms with E-state index in [2.05, 4.69) is 26.6 Å². The molecule has 106 valence electrons. The number of carbonyl (C=O) groups is 1. The second-order valence-corrected chi connectivity index (χ2v) is 5.40. The van der Waals surface area contributed by atoms with Crippen molar-refractivity contribution in [2.45, 2.75) is 6.92 Å². The van der Waals surface area contributed by atoms with Gasteiger partial charge in [-0.2, -0.15) is 0 Å². The van der Waals surface area contributed by atoms with Crippen LogP contribution in [0, 0.1) is 11.8 Å². The van der Waals surface area contributed by atoms with Crippen molar-refractivity contribution in [1.82, 2.24) is 5.32 Å². The van der Waals surface area contributed by atoms with Gasteiger partial charge in [-0.1, -0.05) is 6.92 Å². The number of halogens is 2. The van der Waals surface area contributed by atoms with Gasteiger partial charge in [-0.15, -0.1) is 12.4 Å². The van der Waals surface area contributed by atoms with Crippen LogP contribution in [0.1, 0.15) is 6.92 Å². The average Bonchev–Trinajstić information content (AvgIpc) is 2.29. The molecule has 4 nitrogen and oxygen atoms in total. The minimum absolute atomic E-state index is 0. The quantitative estimate of drug-likeness (QED) is 0.878. The van der Waals surface area contributed by atoms with Crippen molar-refractivity contribution in [3.63, 3.8) is 0 Å². The molecule has 1 aliphatic heterocycles. The van der Waals surface area contributed by atoms with Gasteiger partial charge in [0, 0.05) is 17.7 Å². The van der Waals surface area contributed by atoms with E-state index in [1.165, 1.54) is 0 Å². The van der Waals surface area contributed by atoms with E-state index < -0.39 is 0 Å². The predicted octanol–water partition coefficient (Wildman–Crippen LogP) is 2.67. The first-order valence-corrected chi connectivity index (χ1v) is 6.76. The number of methoxy groups -OCH3 is 1. The first-order valence-electron chi connectivity index (χ1n) is 5.97. The normalized spacial score (nSPS) is 15.9. The van der Waals surface area contributed by atoms with Crippen molar-refractivity contribution in [1.29, 1.82) is 0 Å². The Morgan fingerprint density at radius 2 is 2.21 bits per heavy atom. The standard InChI is InChI=1S/C13H17BrN2O2.ClH/c1-8(9-6-15-7-9)13(17)16-10-3-4-11(14)12(5-10)18-2;/h3-5,8-9,15H,6-7H2,1-2H3,(H,16,17);1H. The van der Waals surface area contributed by atoms with E-state index in [0.29, 0.717) is 11.7 Å². The number of hydrogen-bond donors (Lipinski definition) is 2. The largest absolute Gasteiger partial charge is 0.495 e. The number of nitrogens with one attached hydrogen (secondary N) is 2. The first kappa shape index (κ1) is 16.3. The van der Waals surface area contributed by atoms with Gasteiger partial charge in [0.25, 0.3) is 0 Å². The summed E-state index contributed by atoms with van der Waals surface area (Å²) in [6.45, 7) is 3.83. The van der Waals surface area contributed by atoms with Crippen LogP contribution < -0.4 is 15.4 Å². The lowest BCUT2D eigenvalue weighted by Crippen LogP contribution is -2.48. The predicted molar refractivity (Wildman–Crippen MR) is 82.1 cm³/mol. The Kier molecular flexibility index (Phi) is 6.10. The number of amides is 1. The van der Waals surface area contributed by atoms with Crippen LogP contribution in [0.2, 0.25) is 0 Å². The van der Waals surface area contributed by atoms with E-state index in [9.17, 15) is 4.79 Å². The Hall–Kier alpha value is -0.780. The minimum Gasteiger partial charge on any atom is -0.495 e. The van der Waals surface area contributed by atoms with Crippen LogP contribution in [-0.2, 0) is 4.79 Å². The molecule has 1 aliphatic rings. The van der Waals surface area contributed by atoms with Gasteiger partial charge in [0.05, 0.1) is 11.6 Å². The van der Waals surface area contributed by atoms with Crippen molar-refractivity contribution < 1.29 is 9.53 Å². The van der Waals surface area contributed by atoms with Gasteiger partial charge in [-0.3, -0.25) is 4.79 Å². The maximum absolute atomic E-state index is 12.0. The number of carbonyl (C=O) groups excluding carboxylic acids is 1. The summed E-state index contributed by atoms with van der Waals surface area (Å²) in [4.78, 5) is 12.0. The zero-order valence-corrected chi connectivity index (χ0v) is 13.3. The van der Waals surface area contributed by atoms with Gasteiger partial charge in [0.15, 0.2) is 0 Å². The monoisotopic (exact) mass is 348 g/mol. The molecule has 1 aromatic rings. The molecule has 1 fully saturated rings. The average molecular weight is 350 g/mol. The highest BCUT2D eigenvalue weighted by atomic mass is 79.9. The minimum atomic E-state index is 0. The molecular weight excluding hydrogens is 332 g/mol. The maximum atomic E-state index is 12.0. The molecule has 2 N–H and O–H groups in total. The Morgan fingerprint density at radius 3 is 2.74 bits per heavy atom. The summed E-state index contributed by atoms with van der Waals surface area (Å²) in [7, 11) is 1.61. The molecule has 1 atom stereocenters. The lowest BCUT2D eigenvalue weighted by molar-refractivity contribution is -0.121. The summed E-state index contributed by atoms with van der Waals surface area (Å²) in [6.07, 6.45) is 0.